The van der Waals surface area contributed by atoms with Gasteiger partial charge in [-0.25, -0.2) is 0 Å². The highest BCUT2D eigenvalue weighted by Crippen LogP contribution is 2.35. The van der Waals surface area contributed by atoms with E-state index in [2.05, 4.69) is 11.2 Å². The van der Waals surface area contributed by atoms with Gasteiger partial charge in [-0.1, -0.05) is 6.42 Å². The molecule has 0 N–H and O–H groups in total. The van der Waals surface area contributed by atoms with Crippen molar-refractivity contribution in [3.05, 3.63) is 0 Å². The van der Waals surface area contributed by atoms with Crippen molar-refractivity contribution in [1.29, 1.82) is 0 Å². The number of hydrogen-bond acceptors (Lipinski definition) is 1. The molecule has 1 unspecified atom stereocenters. The topological polar surface area (TPSA) is 12.4 Å². The molecule has 2 rings (SSSR count). The first-order valence-electron chi connectivity index (χ1n) is 3.97. The van der Waals surface area contributed by atoms with Crippen LogP contribution in [0.4, 0.5) is 0 Å². The minimum atomic E-state index is 0.874. The minimum absolute atomic E-state index is 0.874. The van der Waals surface area contributed by atoms with Crippen LogP contribution in [-0.4, -0.2) is 12.8 Å². The standard InChI is InChI=1S/C8H13N/c1-2-7(3-1)8-4-5-9-6-8/h6-8H,1-5H2. The summed E-state index contributed by atoms with van der Waals surface area (Å²) in [5.74, 6) is 1.90. The zero-order valence-electron chi connectivity index (χ0n) is 5.71. The third-order valence-corrected chi connectivity index (χ3v) is 2.64. The Balaban J connectivity index is 1.89. The summed E-state index contributed by atoms with van der Waals surface area (Å²) in [6.45, 7) is 1.10. The van der Waals surface area contributed by atoms with E-state index in [4.69, 9.17) is 0 Å². The van der Waals surface area contributed by atoms with Crippen LogP contribution in [0, 0.1) is 11.8 Å². The SMILES string of the molecule is C1=NCCC1C1CCC1. The van der Waals surface area contributed by atoms with Gasteiger partial charge in [0.2, 0.25) is 0 Å². The number of hydrogen-bond donors (Lipinski definition) is 0. The van der Waals surface area contributed by atoms with Crippen molar-refractivity contribution in [2.24, 2.45) is 16.8 Å². The highest BCUT2D eigenvalue weighted by molar-refractivity contribution is 5.63. The monoisotopic (exact) mass is 123 g/mol. The second-order valence-corrected chi connectivity index (χ2v) is 3.20. The number of nitrogens with zero attached hydrogens (tertiary/aromatic N) is 1. The molecule has 0 aromatic carbocycles. The summed E-state index contributed by atoms with van der Waals surface area (Å²) in [4.78, 5) is 4.24. The fraction of sp³-hybridized carbons (Fsp3) is 0.875. The van der Waals surface area contributed by atoms with Crippen LogP contribution in [-0.2, 0) is 0 Å². The van der Waals surface area contributed by atoms with E-state index in [0.29, 0.717) is 0 Å². The maximum absolute atomic E-state index is 4.24. The van der Waals surface area contributed by atoms with Gasteiger partial charge in [0, 0.05) is 12.8 Å². The molecule has 0 spiro atoms. The smallest absolute Gasteiger partial charge is 0.0391 e. The molecule has 1 heteroatoms. The molecule has 1 heterocycles. The summed E-state index contributed by atoms with van der Waals surface area (Å²) in [6.07, 6.45) is 7.93. The summed E-state index contributed by atoms with van der Waals surface area (Å²) < 4.78 is 0. The van der Waals surface area contributed by atoms with E-state index in [1.807, 2.05) is 0 Å². The third kappa shape index (κ3) is 0.887. The molecule has 0 aromatic heterocycles. The Bertz CT molecular complexity index is 125. The quantitative estimate of drug-likeness (QED) is 0.505. The van der Waals surface area contributed by atoms with Crippen LogP contribution in [0.5, 0.6) is 0 Å². The van der Waals surface area contributed by atoms with Gasteiger partial charge < -0.3 is 0 Å². The molecular formula is C8H13N. The van der Waals surface area contributed by atoms with Crippen LogP contribution in [0.1, 0.15) is 25.7 Å². The molecule has 0 saturated heterocycles. The average molecular weight is 123 g/mol. The largest absolute Gasteiger partial charge is 0.297 e. The minimum Gasteiger partial charge on any atom is -0.297 e. The Morgan fingerprint density at radius 2 is 2.11 bits per heavy atom. The highest BCUT2D eigenvalue weighted by atomic mass is 14.7. The molecule has 50 valence electrons. The molecule has 0 aromatic rings. The van der Waals surface area contributed by atoms with Crippen LogP contribution in [0.2, 0.25) is 0 Å². The molecule has 1 nitrogen and oxygen atoms in total. The summed E-state index contributed by atoms with van der Waals surface area (Å²) >= 11 is 0. The summed E-state index contributed by atoms with van der Waals surface area (Å²) in [5.41, 5.74) is 0. The molecule has 0 radical (unpaired) electrons. The molecular weight excluding hydrogens is 110 g/mol. The lowest BCUT2D eigenvalue weighted by Gasteiger charge is -2.29. The molecule has 2 aliphatic rings. The first kappa shape index (κ1) is 5.45. The first-order chi connectivity index (χ1) is 4.47. The maximum atomic E-state index is 4.24. The van der Waals surface area contributed by atoms with Gasteiger partial charge in [-0.15, -0.1) is 0 Å². The molecule has 1 saturated carbocycles. The van der Waals surface area contributed by atoms with Crippen LogP contribution < -0.4 is 0 Å². The normalized spacial score (nSPS) is 34.9. The van der Waals surface area contributed by atoms with Gasteiger partial charge >= 0.3 is 0 Å². The van der Waals surface area contributed by atoms with Crippen LogP contribution in [0.3, 0.4) is 0 Å². The van der Waals surface area contributed by atoms with Crippen LogP contribution in [0.15, 0.2) is 4.99 Å². The van der Waals surface area contributed by atoms with Crippen molar-refractivity contribution in [2.45, 2.75) is 25.7 Å². The van der Waals surface area contributed by atoms with Gasteiger partial charge in [0.15, 0.2) is 0 Å². The predicted molar refractivity (Wildman–Crippen MR) is 38.8 cm³/mol. The fourth-order valence-corrected chi connectivity index (χ4v) is 1.73. The van der Waals surface area contributed by atoms with Gasteiger partial charge in [-0.05, 0) is 31.1 Å². The maximum Gasteiger partial charge on any atom is 0.0391 e. The Labute approximate surface area is 56.2 Å². The second kappa shape index (κ2) is 2.13. The van der Waals surface area contributed by atoms with Crippen molar-refractivity contribution < 1.29 is 0 Å². The predicted octanol–water partition coefficient (Wildman–Crippen LogP) is 1.88. The summed E-state index contributed by atoms with van der Waals surface area (Å²) in [6, 6.07) is 0. The van der Waals surface area contributed by atoms with Gasteiger partial charge in [-0.2, -0.15) is 0 Å². The summed E-state index contributed by atoms with van der Waals surface area (Å²) in [7, 11) is 0. The van der Waals surface area contributed by atoms with E-state index >= 15 is 0 Å². The highest BCUT2D eigenvalue weighted by Gasteiger charge is 2.27. The Kier molecular flexibility index (Phi) is 1.29. The lowest BCUT2D eigenvalue weighted by atomic mass is 9.76. The Morgan fingerprint density at radius 1 is 1.22 bits per heavy atom. The van der Waals surface area contributed by atoms with Crippen LogP contribution in [0.25, 0.3) is 0 Å². The fourth-order valence-electron chi connectivity index (χ4n) is 1.73. The van der Waals surface area contributed by atoms with Crippen LogP contribution >= 0.6 is 0 Å². The van der Waals surface area contributed by atoms with Crippen molar-refractivity contribution in [3.63, 3.8) is 0 Å². The zero-order chi connectivity index (χ0) is 6.10. The molecule has 9 heavy (non-hydrogen) atoms. The Morgan fingerprint density at radius 3 is 2.56 bits per heavy atom. The van der Waals surface area contributed by atoms with Crippen molar-refractivity contribution in [1.82, 2.24) is 0 Å². The van der Waals surface area contributed by atoms with E-state index < -0.39 is 0 Å². The number of aliphatic imine (C=N–C) groups is 1. The average Bonchev–Trinajstić information content (AvgIpc) is 2.11. The van der Waals surface area contributed by atoms with E-state index in [1.54, 1.807) is 0 Å². The van der Waals surface area contributed by atoms with E-state index in [0.717, 1.165) is 18.4 Å². The summed E-state index contributed by atoms with van der Waals surface area (Å²) in [5, 5.41) is 0. The second-order valence-electron chi connectivity index (χ2n) is 3.20. The molecule has 0 amide bonds. The van der Waals surface area contributed by atoms with Gasteiger partial charge in [0.1, 0.15) is 0 Å². The third-order valence-electron chi connectivity index (χ3n) is 2.64. The van der Waals surface area contributed by atoms with E-state index in [1.165, 1.54) is 25.7 Å². The molecule has 1 atom stereocenters. The molecule has 1 fully saturated rings. The van der Waals surface area contributed by atoms with E-state index in [9.17, 15) is 0 Å². The number of rotatable bonds is 1. The van der Waals surface area contributed by atoms with Crippen molar-refractivity contribution in [2.75, 3.05) is 6.54 Å². The molecule has 1 aliphatic carbocycles. The molecule has 1 aliphatic heterocycles. The zero-order valence-corrected chi connectivity index (χ0v) is 5.71. The van der Waals surface area contributed by atoms with Gasteiger partial charge in [0.05, 0.1) is 0 Å². The lowest BCUT2D eigenvalue weighted by molar-refractivity contribution is 0.257. The van der Waals surface area contributed by atoms with Gasteiger partial charge in [0.25, 0.3) is 0 Å². The Hall–Kier alpha value is -0.330. The first-order valence-corrected chi connectivity index (χ1v) is 3.97. The van der Waals surface area contributed by atoms with E-state index in [-0.39, 0.29) is 0 Å². The lowest BCUT2D eigenvalue weighted by Crippen LogP contribution is -2.21. The van der Waals surface area contributed by atoms with Crippen molar-refractivity contribution in [3.8, 4) is 0 Å². The molecule has 0 bridgehead atoms. The van der Waals surface area contributed by atoms with Crippen molar-refractivity contribution >= 4 is 6.21 Å². The van der Waals surface area contributed by atoms with Gasteiger partial charge in [-0.3, -0.25) is 4.99 Å².